The van der Waals surface area contributed by atoms with Crippen molar-refractivity contribution in [1.82, 2.24) is 14.5 Å². The van der Waals surface area contributed by atoms with Crippen molar-refractivity contribution < 1.29 is 13.2 Å². The van der Waals surface area contributed by atoms with E-state index in [4.69, 9.17) is 0 Å². The lowest BCUT2D eigenvalue weighted by molar-refractivity contribution is 0.165. The van der Waals surface area contributed by atoms with Crippen LogP contribution in [0.4, 0.5) is 4.79 Å². The standard InChI is InChI=1S/C17H27N3O3S/c1-14-7-5-6-8-15(14)13-24(22,23)20-11-9-19(10-12-20)16(21)18-17(2,3)4/h5-8H,9-13H2,1-4H3,(H,18,21). The minimum Gasteiger partial charge on any atom is -0.333 e. The molecule has 1 aliphatic heterocycles. The molecule has 1 N–H and O–H groups in total. The Morgan fingerprint density at radius 2 is 1.71 bits per heavy atom. The van der Waals surface area contributed by atoms with E-state index in [1.165, 1.54) is 4.31 Å². The Morgan fingerprint density at radius 3 is 2.25 bits per heavy atom. The van der Waals surface area contributed by atoms with E-state index >= 15 is 0 Å². The van der Waals surface area contributed by atoms with Crippen molar-refractivity contribution in [1.29, 1.82) is 0 Å². The molecule has 0 aromatic heterocycles. The second-order valence-electron chi connectivity index (χ2n) is 7.25. The Hall–Kier alpha value is -1.60. The first kappa shape index (κ1) is 18.7. The Balaban J connectivity index is 1.96. The molecule has 0 aliphatic carbocycles. The molecule has 6 nitrogen and oxygen atoms in total. The second kappa shape index (κ2) is 7.11. The van der Waals surface area contributed by atoms with Crippen molar-refractivity contribution in [3.05, 3.63) is 35.4 Å². The van der Waals surface area contributed by atoms with Crippen molar-refractivity contribution in [3.8, 4) is 0 Å². The van der Waals surface area contributed by atoms with E-state index in [2.05, 4.69) is 5.32 Å². The molecular formula is C17H27N3O3S. The summed E-state index contributed by atoms with van der Waals surface area (Å²) in [6, 6.07) is 7.38. The largest absolute Gasteiger partial charge is 0.333 e. The van der Waals surface area contributed by atoms with Gasteiger partial charge in [-0.1, -0.05) is 24.3 Å². The summed E-state index contributed by atoms with van der Waals surface area (Å²) < 4.78 is 26.7. The van der Waals surface area contributed by atoms with Crippen LogP contribution in [0.1, 0.15) is 31.9 Å². The highest BCUT2D eigenvalue weighted by Crippen LogP contribution is 2.16. The normalized spacial score (nSPS) is 16.9. The monoisotopic (exact) mass is 353 g/mol. The van der Waals surface area contributed by atoms with Crippen LogP contribution in [0.2, 0.25) is 0 Å². The topological polar surface area (TPSA) is 69.7 Å². The van der Waals surface area contributed by atoms with E-state index < -0.39 is 10.0 Å². The maximum atomic E-state index is 12.6. The fourth-order valence-electron chi connectivity index (χ4n) is 2.63. The molecule has 0 bridgehead atoms. The Labute approximate surface area is 144 Å². The SMILES string of the molecule is Cc1ccccc1CS(=O)(=O)N1CCN(C(=O)NC(C)(C)C)CC1. The first-order chi connectivity index (χ1) is 11.1. The number of benzene rings is 1. The molecule has 0 unspecified atom stereocenters. The summed E-state index contributed by atoms with van der Waals surface area (Å²) >= 11 is 0. The molecule has 1 aliphatic rings. The summed E-state index contributed by atoms with van der Waals surface area (Å²) in [5, 5.41) is 2.91. The number of sulfonamides is 1. The summed E-state index contributed by atoms with van der Waals surface area (Å²) in [5.41, 5.74) is 1.50. The molecule has 0 radical (unpaired) electrons. The summed E-state index contributed by atoms with van der Waals surface area (Å²) in [7, 11) is -3.37. The van der Waals surface area contributed by atoms with E-state index in [1.54, 1.807) is 4.90 Å². The third kappa shape index (κ3) is 4.95. The second-order valence-corrected chi connectivity index (χ2v) is 9.22. The van der Waals surface area contributed by atoms with Gasteiger partial charge in [0, 0.05) is 31.7 Å². The van der Waals surface area contributed by atoms with Gasteiger partial charge in [0.25, 0.3) is 0 Å². The molecule has 2 amide bonds. The van der Waals surface area contributed by atoms with Crippen molar-refractivity contribution in [2.45, 2.75) is 39.0 Å². The van der Waals surface area contributed by atoms with Crippen LogP contribution in [0.3, 0.4) is 0 Å². The van der Waals surface area contributed by atoms with Crippen molar-refractivity contribution in [2.24, 2.45) is 0 Å². The molecule has 1 heterocycles. The van der Waals surface area contributed by atoms with Crippen LogP contribution in [0.5, 0.6) is 0 Å². The number of nitrogens with zero attached hydrogens (tertiary/aromatic N) is 2. The molecule has 1 saturated heterocycles. The predicted molar refractivity (Wildman–Crippen MR) is 95.2 cm³/mol. The summed E-state index contributed by atoms with van der Waals surface area (Å²) in [6.45, 7) is 9.19. The van der Waals surface area contributed by atoms with Gasteiger partial charge in [0.15, 0.2) is 0 Å². The van der Waals surface area contributed by atoms with E-state index in [-0.39, 0.29) is 17.3 Å². The molecule has 0 spiro atoms. The molecule has 1 fully saturated rings. The average molecular weight is 353 g/mol. The smallest absolute Gasteiger partial charge is 0.317 e. The third-order valence-corrected chi connectivity index (χ3v) is 5.83. The van der Waals surface area contributed by atoms with E-state index in [0.717, 1.165) is 11.1 Å². The van der Waals surface area contributed by atoms with Gasteiger partial charge in [0.1, 0.15) is 0 Å². The lowest BCUT2D eigenvalue weighted by Gasteiger charge is -2.35. The number of amides is 2. The van der Waals surface area contributed by atoms with Gasteiger partial charge in [-0.15, -0.1) is 0 Å². The van der Waals surface area contributed by atoms with Crippen LogP contribution in [-0.4, -0.2) is 55.4 Å². The number of carbonyl (C=O) groups excluding carboxylic acids is 1. The summed E-state index contributed by atoms with van der Waals surface area (Å²) in [4.78, 5) is 13.8. The number of piperazine rings is 1. The Morgan fingerprint density at radius 1 is 1.12 bits per heavy atom. The Bertz CT molecular complexity index is 687. The molecule has 0 saturated carbocycles. The Kier molecular flexibility index (Phi) is 5.55. The van der Waals surface area contributed by atoms with Crippen LogP contribution in [0, 0.1) is 6.92 Å². The zero-order valence-electron chi connectivity index (χ0n) is 14.9. The van der Waals surface area contributed by atoms with Crippen LogP contribution in [-0.2, 0) is 15.8 Å². The molecule has 2 rings (SSSR count). The van der Waals surface area contributed by atoms with Gasteiger partial charge in [0.2, 0.25) is 10.0 Å². The molecular weight excluding hydrogens is 326 g/mol. The highest BCUT2D eigenvalue weighted by molar-refractivity contribution is 7.88. The van der Waals surface area contributed by atoms with Crippen LogP contribution in [0.15, 0.2) is 24.3 Å². The number of hydrogen-bond donors (Lipinski definition) is 1. The first-order valence-electron chi connectivity index (χ1n) is 8.18. The van der Waals surface area contributed by atoms with Gasteiger partial charge in [-0.3, -0.25) is 0 Å². The summed E-state index contributed by atoms with van der Waals surface area (Å²) in [5.74, 6) is 0.00780. The minimum atomic E-state index is -3.37. The van der Waals surface area contributed by atoms with E-state index in [0.29, 0.717) is 26.2 Å². The number of aryl methyl sites for hydroxylation is 1. The first-order valence-corrected chi connectivity index (χ1v) is 9.79. The van der Waals surface area contributed by atoms with Crippen molar-refractivity contribution >= 4 is 16.1 Å². The highest BCUT2D eigenvalue weighted by Gasteiger charge is 2.30. The van der Waals surface area contributed by atoms with Crippen LogP contribution in [0.25, 0.3) is 0 Å². The quantitative estimate of drug-likeness (QED) is 0.903. The summed E-state index contributed by atoms with van der Waals surface area (Å²) in [6.07, 6.45) is 0. The highest BCUT2D eigenvalue weighted by atomic mass is 32.2. The van der Waals surface area contributed by atoms with Gasteiger partial charge >= 0.3 is 6.03 Å². The molecule has 134 valence electrons. The average Bonchev–Trinajstić information content (AvgIpc) is 2.48. The van der Waals surface area contributed by atoms with Crippen molar-refractivity contribution in [3.63, 3.8) is 0 Å². The van der Waals surface area contributed by atoms with Gasteiger partial charge in [-0.2, -0.15) is 4.31 Å². The van der Waals surface area contributed by atoms with Gasteiger partial charge in [0.05, 0.1) is 5.75 Å². The number of nitrogens with one attached hydrogen (secondary N) is 1. The lowest BCUT2D eigenvalue weighted by atomic mass is 10.1. The zero-order valence-corrected chi connectivity index (χ0v) is 15.7. The van der Waals surface area contributed by atoms with Gasteiger partial charge in [-0.05, 0) is 38.8 Å². The molecule has 1 aromatic carbocycles. The van der Waals surface area contributed by atoms with Gasteiger partial charge in [-0.25, -0.2) is 13.2 Å². The van der Waals surface area contributed by atoms with Crippen LogP contribution >= 0.6 is 0 Å². The number of urea groups is 1. The fourth-order valence-corrected chi connectivity index (χ4v) is 4.25. The third-order valence-electron chi connectivity index (χ3n) is 4.00. The maximum absolute atomic E-state index is 12.6. The maximum Gasteiger partial charge on any atom is 0.317 e. The van der Waals surface area contributed by atoms with E-state index in [1.807, 2.05) is 52.0 Å². The molecule has 7 heteroatoms. The molecule has 1 aromatic rings. The van der Waals surface area contributed by atoms with Crippen molar-refractivity contribution in [2.75, 3.05) is 26.2 Å². The fraction of sp³-hybridized carbons (Fsp3) is 0.588. The predicted octanol–water partition coefficient (Wildman–Crippen LogP) is 1.95. The number of hydrogen-bond acceptors (Lipinski definition) is 3. The lowest BCUT2D eigenvalue weighted by Crippen LogP contribution is -2.56. The molecule has 24 heavy (non-hydrogen) atoms. The van der Waals surface area contributed by atoms with Crippen LogP contribution < -0.4 is 5.32 Å². The van der Waals surface area contributed by atoms with E-state index in [9.17, 15) is 13.2 Å². The number of rotatable bonds is 3. The minimum absolute atomic E-state index is 0.00780. The number of carbonyl (C=O) groups is 1. The van der Waals surface area contributed by atoms with Gasteiger partial charge < -0.3 is 10.2 Å². The zero-order chi connectivity index (χ0) is 18.0. The molecule has 0 atom stereocenters.